The number of aromatic nitrogens is 1. The SMILES string of the molecule is CC1CC(Sc2ccc3ccccc3n2)C(=O)O1. The molecule has 3 rings (SSSR count). The molecule has 2 aromatic rings. The predicted octanol–water partition coefficient (Wildman–Crippen LogP) is 3.03. The van der Waals surface area contributed by atoms with Gasteiger partial charge in [-0.2, -0.15) is 0 Å². The summed E-state index contributed by atoms with van der Waals surface area (Å²) in [6.45, 7) is 1.92. The number of hydrogen-bond acceptors (Lipinski definition) is 4. The minimum absolute atomic E-state index is 0.0236. The average Bonchev–Trinajstić information content (AvgIpc) is 2.68. The molecule has 2 heterocycles. The van der Waals surface area contributed by atoms with Gasteiger partial charge in [0.05, 0.1) is 10.5 Å². The molecule has 1 aromatic carbocycles. The topological polar surface area (TPSA) is 39.2 Å². The Hall–Kier alpha value is -1.55. The Morgan fingerprint density at radius 3 is 2.89 bits per heavy atom. The fourth-order valence-corrected chi connectivity index (χ4v) is 3.18. The van der Waals surface area contributed by atoms with E-state index >= 15 is 0 Å². The number of benzene rings is 1. The molecule has 1 aliphatic rings. The minimum atomic E-state index is -0.123. The van der Waals surface area contributed by atoms with Crippen molar-refractivity contribution >= 4 is 28.6 Å². The highest BCUT2D eigenvalue weighted by Gasteiger charge is 2.32. The molecule has 1 aromatic heterocycles. The number of cyclic esters (lactones) is 1. The lowest BCUT2D eigenvalue weighted by molar-refractivity contribution is -0.140. The molecule has 18 heavy (non-hydrogen) atoms. The molecule has 0 aliphatic carbocycles. The number of nitrogens with zero attached hydrogens (tertiary/aromatic N) is 1. The molecule has 0 amide bonds. The lowest BCUT2D eigenvalue weighted by Gasteiger charge is -2.05. The van der Waals surface area contributed by atoms with Crippen LogP contribution in [0.1, 0.15) is 13.3 Å². The van der Waals surface area contributed by atoms with Crippen molar-refractivity contribution in [1.29, 1.82) is 0 Å². The van der Waals surface area contributed by atoms with E-state index in [4.69, 9.17) is 4.74 Å². The number of carbonyl (C=O) groups excluding carboxylic acids is 1. The molecular weight excluding hydrogens is 246 g/mol. The summed E-state index contributed by atoms with van der Waals surface area (Å²) >= 11 is 1.49. The van der Waals surface area contributed by atoms with Crippen LogP contribution in [0.3, 0.4) is 0 Å². The first-order valence-corrected chi connectivity index (χ1v) is 6.83. The van der Waals surface area contributed by atoms with Gasteiger partial charge in [0.2, 0.25) is 0 Å². The lowest BCUT2D eigenvalue weighted by Crippen LogP contribution is -2.09. The monoisotopic (exact) mass is 259 g/mol. The molecule has 1 aliphatic heterocycles. The Bertz CT molecular complexity index is 599. The first-order chi connectivity index (χ1) is 8.72. The van der Waals surface area contributed by atoms with Gasteiger partial charge in [-0.15, -0.1) is 0 Å². The largest absolute Gasteiger partial charge is 0.462 e. The normalized spacial score (nSPS) is 23.3. The van der Waals surface area contributed by atoms with Gasteiger partial charge in [-0.1, -0.05) is 36.0 Å². The molecular formula is C14H13NO2S. The van der Waals surface area contributed by atoms with Gasteiger partial charge in [0, 0.05) is 11.8 Å². The van der Waals surface area contributed by atoms with Crippen molar-refractivity contribution in [1.82, 2.24) is 4.98 Å². The van der Waals surface area contributed by atoms with Crippen molar-refractivity contribution < 1.29 is 9.53 Å². The third-order valence-corrected chi connectivity index (χ3v) is 4.10. The number of hydrogen-bond donors (Lipinski definition) is 0. The van der Waals surface area contributed by atoms with Crippen molar-refractivity contribution in [2.24, 2.45) is 0 Å². The third kappa shape index (κ3) is 2.20. The van der Waals surface area contributed by atoms with Gasteiger partial charge >= 0.3 is 5.97 Å². The van der Waals surface area contributed by atoms with Crippen LogP contribution in [0, 0.1) is 0 Å². The van der Waals surface area contributed by atoms with Crippen LogP contribution in [0.5, 0.6) is 0 Å². The first kappa shape index (κ1) is 11.5. The van der Waals surface area contributed by atoms with E-state index in [1.807, 2.05) is 43.3 Å². The molecule has 0 bridgehead atoms. The molecule has 2 unspecified atom stereocenters. The zero-order chi connectivity index (χ0) is 12.5. The van der Waals surface area contributed by atoms with Crippen LogP contribution in [-0.2, 0) is 9.53 Å². The fourth-order valence-electron chi connectivity index (χ4n) is 2.07. The molecule has 2 atom stereocenters. The molecule has 0 N–H and O–H groups in total. The van der Waals surface area contributed by atoms with Crippen LogP contribution in [0.15, 0.2) is 41.4 Å². The Labute approximate surface area is 110 Å². The Morgan fingerprint density at radius 1 is 1.28 bits per heavy atom. The van der Waals surface area contributed by atoms with Crippen LogP contribution in [0.2, 0.25) is 0 Å². The summed E-state index contributed by atoms with van der Waals surface area (Å²) in [5.41, 5.74) is 0.960. The fraction of sp³-hybridized carbons (Fsp3) is 0.286. The highest BCUT2D eigenvalue weighted by Crippen LogP contribution is 2.31. The van der Waals surface area contributed by atoms with E-state index in [0.29, 0.717) is 0 Å². The summed E-state index contributed by atoms with van der Waals surface area (Å²) in [4.78, 5) is 16.1. The summed E-state index contributed by atoms with van der Waals surface area (Å²) in [5, 5.41) is 1.88. The molecule has 0 radical (unpaired) electrons. The number of para-hydroxylation sites is 1. The van der Waals surface area contributed by atoms with Gasteiger partial charge in [-0.3, -0.25) is 4.79 Å². The number of rotatable bonds is 2. The van der Waals surface area contributed by atoms with E-state index < -0.39 is 0 Å². The molecule has 3 nitrogen and oxygen atoms in total. The summed E-state index contributed by atoms with van der Waals surface area (Å²) in [7, 11) is 0. The predicted molar refractivity (Wildman–Crippen MR) is 71.6 cm³/mol. The Kier molecular flexibility index (Phi) is 2.96. The first-order valence-electron chi connectivity index (χ1n) is 5.95. The summed E-state index contributed by atoms with van der Waals surface area (Å²) in [5.74, 6) is -0.123. The van der Waals surface area contributed by atoms with E-state index in [9.17, 15) is 4.79 Å². The number of pyridine rings is 1. The Morgan fingerprint density at radius 2 is 2.11 bits per heavy atom. The maximum Gasteiger partial charge on any atom is 0.319 e. The van der Waals surface area contributed by atoms with Crippen molar-refractivity contribution in [3.63, 3.8) is 0 Å². The van der Waals surface area contributed by atoms with Gasteiger partial charge in [0.25, 0.3) is 0 Å². The molecule has 0 saturated carbocycles. The van der Waals surface area contributed by atoms with Crippen LogP contribution < -0.4 is 0 Å². The second kappa shape index (κ2) is 4.61. The molecule has 1 saturated heterocycles. The van der Waals surface area contributed by atoms with Gasteiger partial charge in [0.15, 0.2) is 0 Å². The van der Waals surface area contributed by atoms with Gasteiger partial charge < -0.3 is 4.74 Å². The zero-order valence-corrected chi connectivity index (χ0v) is 10.8. The lowest BCUT2D eigenvalue weighted by atomic mass is 10.2. The van der Waals surface area contributed by atoms with Crippen molar-refractivity contribution in [3.8, 4) is 0 Å². The minimum Gasteiger partial charge on any atom is -0.462 e. The number of fused-ring (bicyclic) bond motifs is 1. The molecule has 0 spiro atoms. The van der Waals surface area contributed by atoms with Gasteiger partial charge in [0.1, 0.15) is 11.4 Å². The van der Waals surface area contributed by atoms with E-state index in [-0.39, 0.29) is 17.3 Å². The second-order valence-corrected chi connectivity index (χ2v) is 5.65. The van der Waals surface area contributed by atoms with Crippen LogP contribution in [0.4, 0.5) is 0 Å². The quantitative estimate of drug-likeness (QED) is 0.777. The van der Waals surface area contributed by atoms with E-state index in [1.165, 1.54) is 11.8 Å². The summed E-state index contributed by atoms with van der Waals surface area (Å²) in [6.07, 6.45) is 0.785. The smallest absolute Gasteiger partial charge is 0.319 e. The van der Waals surface area contributed by atoms with Crippen LogP contribution >= 0.6 is 11.8 Å². The van der Waals surface area contributed by atoms with Crippen molar-refractivity contribution in [3.05, 3.63) is 36.4 Å². The number of thioether (sulfide) groups is 1. The van der Waals surface area contributed by atoms with Gasteiger partial charge in [-0.05, 0) is 19.1 Å². The molecule has 1 fully saturated rings. The maximum absolute atomic E-state index is 11.6. The van der Waals surface area contributed by atoms with Crippen molar-refractivity contribution in [2.45, 2.75) is 29.7 Å². The number of esters is 1. The molecule has 4 heteroatoms. The number of carbonyl (C=O) groups is 1. The van der Waals surface area contributed by atoms with Crippen molar-refractivity contribution in [2.75, 3.05) is 0 Å². The molecule has 92 valence electrons. The highest BCUT2D eigenvalue weighted by molar-refractivity contribution is 8.00. The highest BCUT2D eigenvalue weighted by atomic mass is 32.2. The standard InChI is InChI=1S/C14H13NO2S/c1-9-8-12(14(16)17-9)18-13-7-6-10-4-2-3-5-11(10)15-13/h2-7,9,12H,8H2,1H3. The van der Waals surface area contributed by atoms with Crippen LogP contribution in [0.25, 0.3) is 10.9 Å². The zero-order valence-electron chi connectivity index (χ0n) is 10.00. The maximum atomic E-state index is 11.6. The Balaban J connectivity index is 1.84. The van der Waals surface area contributed by atoms with E-state index in [2.05, 4.69) is 4.98 Å². The second-order valence-electron chi connectivity index (χ2n) is 4.43. The van der Waals surface area contributed by atoms with E-state index in [1.54, 1.807) is 0 Å². The van der Waals surface area contributed by atoms with E-state index in [0.717, 1.165) is 22.3 Å². The third-order valence-electron chi connectivity index (χ3n) is 2.96. The average molecular weight is 259 g/mol. The number of ether oxygens (including phenoxy) is 1. The van der Waals surface area contributed by atoms with Gasteiger partial charge in [-0.25, -0.2) is 4.98 Å². The van der Waals surface area contributed by atoms with Crippen LogP contribution in [-0.4, -0.2) is 22.3 Å². The summed E-state index contributed by atoms with van der Waals surface area (Å²) in [6, 6.07) is 12.0. The summed E-state index contributed by atoms with van der Waals surface area (Å²) < 4.78 is 5.15.